The Labute approximate surface area is 90.3 Å². The second-order valence-corrected chi connectivity index (χ2v) is 9.44. The summed E-state index contributed by atoms with van der Waals surface area (Å²) in [6.45, 7) is 0. The van der Waals surface area contributed by atoms with E-state index in [0.29, 0.717) is 0 Å². The summed E-state index contributed by atoms with van der Waals surface area (Å²) in [7, 11) is 14.9. The van der Waals surface area contributed by atoms with Crippen LogP contribution < -0.4 is 0 Å². The van der Waals surface area contributed by atoms with E-state index in [1.54, 1.807) is 0 Å². The Kier molecular flexibility index (Phi) is 8.23. The van der Waals surface area contributed by atoms with E-state index in [1.807, 2.05) is 30.3 Å². The van der Waals surface area contributed by atoms with E-state index in [0.717, 1.165) is 5.56 Å². The molecule has 62 valence electrons. The molecule has 0 N–H and O–H groups in total. The molecule has 0 fully saturated rings. The number of halogens is 3. The van der Waals surface area contributed by atoms with Gasteiger partial charge in [-0.25, -0.2) is 0 Å². The Bertz CT molecular complexity index is 237. The number of benzene rings is 1. The van der Waals surface area contributed by atoms with Crippen molar-refractivity contribution < 1.29 is 14.7 Å². The maximum absolute atomic E-state index is 6.69. The predicted molar refractivity (Wildman–Crippen MR) is 50.2 cm³/mol. The normalized spacial score (nSPS) is 7.50. The molecule has 0 nitrogen and oxygen atoms in total. The average Bonchev–Trinajstić information content (AvgIpc) is 2.05. The van der Waals surface area contributed by atoms with E-state index in [1.165, 1.54) is 0 Å². The molecule has 4 heteroatoms. The molecule has 12 heavy (non-hydrogen) atoms. The van der Waals surface area contributed by atoms with Crippen molar-refractivity contribution in [3.8, 4) is 5.92 Å². The van der Waals surface area contributed by atoms with Gasteiger partial charge in [-0.3, -0.25) is 5.92 Å². The third-order valence-electron chi connectivity index (χ3n) is 0.918. The molecule has 0 saturated carbocycles. The minimum atomic E-state index is -1.92. The zero-order chi connectivity index (χ0) is 9.40. The molecule has 1 aromatic rings. The van der Waals surface area contributed by atoms with Gasteiger partial charge in [0.1, 0.15) is 0 Å². The standard InChI is InChI=1S/C8H5.3ClH.Ti/c1-2-8-6-4-3-5-7-8;;;;/h3-7H;3*1H;/q-1;;;;+4/p-3. The van der Waals surface area contributed by atoms with E-state index in [-0.39, 0.29) is 0 Å². The summed E-state index contributed by atoms with van der Waals surface area (Å²) in [5, 5.41) is 0. The fourth-order valence-corrected chi connectivity index (χ4v) is 0.521. The average molecular weight is 255 g/mol. The van der Waals surface area contributed by atoms with Crippen LogP contribution in [0.25, 0.3) is 0 Å². The van der Waals surface area contributed by atoms with Crippen molar-refractivity contribution in [3.63, 3.8) is 0 Å². The van der Waals surface area contributed by atoms with Gasteiger partial charge in [-0.05, 0) is 0 Å². The molecule has 0 atom stereocenters. The summed E-state index contributed by atoms with van der Waals surface area (Å²) >= 11 is -1.92. The van der Waals surface area contributed by atoms with Crippen LogP contribution in [0.4, 0.5) is 0 Å². The Hall–Kier alpha value is 0.364. The molecule has 0 bridgehead atoms. The quantitative estimate of drug-likeness (QED) is 0.377. The van der Waals surface area contributed by atoms with Crippen molar-refractivity contribution in [1.29, 1.82) is 0 Å². The first-order valence-corrected chi connectivity index (χ1v) is 9.42. The van der Waals surface area contributed by atoms with E-state index in [2.05, 4.69) is 5.92 Å². The molecule has 1 rings (SSSR count). The number of rotatable bonds is 0. The van der Waals surface area contributed by atoms with E-state index >= 15 is 0 Å². The second kappa shape index (κ2) is 7.99. The molecular weight excluding hydrogens is 250 g/mol. The minimum absolute atomic E-state index is 0.826. The van der Waals surface area contributed by atoms with Crippen LogP contribution >= 0.6 is 27.9 Å². The van der Waals surface area contributed by atoms with Crippen LogP contribution in [0, 0.1) is 12.3 Å². The van der Waals surface area contributed by atoms with Gasteiger partial charge in [-0.15, -0.1) is 17.7 Å². The molecule has 1 aromatic carbocycles. The van der Waals surface area contributed by atoms with Gasteiger partial charge in [-0.2, -0.15) is 0 Å². The van der Waals surface area contributed by atoms with Gasteiger partial charge in [0.15, 0.2) is 0 Å². The zero-order valence-electron chi connectivity index (χ0n) is 6.02. The van der Waals surface area contributed by atoms with Crippen LogP contribution in [-0.4, -0.2) is 0 Å². The summed E-state index contributed by atoms with van der Waals surface area (Å²) in [5.41, 5.74) is 0.826. The molecular formula is C8H5Cl3Ti. The van der Waals surface area contributed by atoms with Gasteiger partial charge in [0.25, 0.3) is 0 Å². The molecule has 0 aliphatic carbocycles. The first-order valence-electron chi connectivity index (χ1n) is 2.98. The molecule has 0 aromatic heterocycles. The topological polar surface area (TPSA) is 0 Å². The first-order chi connectivity index (χ1) is 5.66. The fraction of sp³-hybridized carbons (Fsp3) is 0. The molecule has 0 amide bonds. The summed E-state index contributed by atoms with van der Waals surface area (Å²) in [5.74, 6) is 2.28. The van der Waals surface area contributed by atoms with Gasteiger partial charge < -0.3 is 6.42 Å². The zero-order valence-corrected chi connectivity index (χ0v) is 9.85. The summed E-state index contributed by atoms with van der Waals surface area (Å²) < 4.78 is 0. The van der Waals surface area contributed by atoms with Crippen LogP contribution in [-0.2, 0) is 14.7 Å². The van der Waals surface area contributed by atoms with Gasteiger partial charge in [0, 0.05) is 0 Å². The van der Waals surface area contributed by atoms with Crippen LogP contribution in [0.1, 0.15) is 5.56 Å². The molecule has 0 aliphatic heterocycles. The third-order valence-corrected chi connectivity index (χ3v) is 0.918. The maximum atomic E-state index is 6.69. The van der Waals surface area contributed by atoms with Crippen molar-refractivity contribution >= 4 is 27.9 Å². The number of hydrogen-bond acceptors (Lipinski definition) is 0. The molecule has 0 saturated heterocycles. The van der Waals surface area contributed by atoms with Crippen LogP contribution in [0.3, 0.4) is 0 Å². The van der Waals surface area contributed by atoms with Crippen LogP contribution in [0.2, 0.25) is 0 Å². The van der Waals surface area contributed by atoms with Gasteiger partial charge in [0.2, 0.25) is 0 Å². The Morgan fingerprint density at radius 3 is 1.75 bits per heavy atom. The number of hydrogen-bond donors (Lipinski definition) is 0. The molecule has 0 radical (unpaired) electrons. The monoisotopic (exact) mass is 254 g/mol. The van der Waals surface area contributed by atoms with E-state index in [9.17, 15) is 0 Å². The first kappa shape index (κ1) is 12.4. The molecule has 0 spiro atoms. The Morgan fingerprint density at radius 1 is 1.08 bits per heavy atom. The summed E-state index contributed by atoms with van der Waals surface area (Å²) in [6, 6.07) is 9.37. The van der Waals surface area contributed by atoms with Crippen molar-refractivity contribution in [2.24, 2.45) is 0 Å². The summed E-state index contributed by atoms with van der Waals surface area (Å²) in [4.78, 5) is 0. The second-order valence-electron chi connectivity index (χ2n) is 1.71. The van der Waals surface area contributed by atoms with Gasteiger partial charge >= 0.3 is 42.6 Å². The molecule has 0 heterocycles. The molecule has 0 unspecified atom stereocenters. The third kappa shape index (κ3) is 8.46. The van der Waals surface area contributed by atoms with Crippen molar-refractivity contribution in [3.05, 3.63) is 42.3 Å². The van der Waals surface area contributed by atoms with Crippen molar-refractivity contribution in [2.45, 2.75) is 0 Å². The van der Waals surface area contributed by atoms with Crippen molar-refractivity contribution in [2.75, 3.05) is 0 Å². The van der Waals surface area contributed by atoms with Crippen molar-refractivity contribution in [1.82, 2.24) is 0 Å². The Balaban J connectivity index is 0.000000261. The predicted octanol–water partition coefficient (Wildman–Crippen LogP) is 3.69. The van der Waals surface area contributed by atoms with Gasteiger partial charge in [0.05, 0.1) is 0 Å². The van der Waals surface area contributed by atoms with Gasteiger partial charge in [-0.1, -0.05) is 18.2 Å². The molecule has 0 aliphatic rings. The fourth-order valence-electron chi connectivity index (χ4n) is 0.521. The van der Waals surface area contributed by atoms with E-state index < -0.39 is 14.7 Å². The van der Waals surface area contributed by atoms with Crippen LogP contribution in [0.5, 0.6) is 0 Å². The summed E-state index contributed by atoms with van der Waals surface area (Å²) in [6.07, 6.45) is 6.69. The SMILES string of the molecule is [C-]#Cc1ccccc1.[Cl][Ti+]([Cl])[Cl]. The van der Waals surface area contributed by atoms with E-state index in [4.69, 9.17) is 34.3 Å². The Morgan fingerprint density at radius 2 is 1.50 bits per heavy atom. The van der Waals surface area contributed by atoms with Crippen LogP contribution in [0.15, 0.2) is 30.3 Å².